The van der Waals surface area contributed by atoms with Crippen molar-refractivity contribution < 1.29 is 40.0 Å². The van der Waals surface area contributed by atoms with Crippen LogP contribution in [0.15, 0.2) is 0 Å². The molecule has 0 aliphatic carbocycles. The Balaban J connectivity index is -0.000000405. The second-order valence-electron chi connectivity index (χ2n) is 6.79. The summed E-state index contributed by atoms with van der Waals surface area (Å²) < 4.78 is 0. The number of carbonyl (C=O) groups is 4. The van der Waals surface area contributed by atoms with Crippen molar-refractivity contribution >= 4 is 23.6 Å². The van der Waals surface area contributed by atoms with Crippen molar-refractivity contribution in [1.29, 1.82) is 0 Å². The van der Waals surface area contributed by atoms with Crippen LogP contribution in [-0.4, -0.2) is 92.4 Å². The number of hydrogen-bond acceptors (Lipinski definition) is 8. The van der Waals surface area contributed by atoms with Crippen LogP contribution in [0.2, 0.25) is 0 Å². The van der Waals surface area contributed by atoms with Gasteiger partial charge in [-0.05, 0) is 6.42 Å². The second-order valence-corrected chi connectivity index (χ2v) is 6.79. The molecule has 0 aromatic heterocycles. The number of carbonyl (C=O) groups excluding carboxylic acids is 4. The Morgan fingerprint density at radius 3 is 1.26 bits per heavy atom. The molecule has 31 heavy (non-hydrogen) atoms. The van der Waals surface area contributed by atoms with E-state index in [0.717, 1.165) is 17.9 Å². The molecule has 0 aliphatic rings. The molecule has 0 saturated carbocycles. The Hall–Kier alpha value is -2.28. The fraction of sp³-hybridized carbons (Fsp3) is 0.789. The Bertz CT molecular complexity index is 493. The standard InChI is InChI=1S/C10H21NO2.C6H12N2O4.C3H7NO2/c1-3-4-5-6-7-8-9-11(13)10(2)12;1-7(11)5(9)3-4-6(10)8(2)12;1-3(5)4(2)6/h13H,3-9H2,1-2H3;11-12H,3-4H2,1-2H3;6H,1-2H3. The second kappa shape index (κ2) is 21.0. The molecule has 0 heterocycles. The first-order chi connectivity index (χ1) is 14.3. The molecule has 0 saturated heterocycles. The minimum Gasteiger partial charge on any atom is -0.286 e. The average Bonchev–Trinajstić information content (AvgIpc) is 2.68. The molecule has 0 bridgehead atoms. The Morgan fingerprint density at radius 1 is 0.613 bits per heavy atom. The van der Waals surface area contributed by atoms with Gasteiger partial charge in [0.15, 0.2) is 0 Å². The molecule has 12 nitrogen and oxygen atoms in total. The first-order valence-electron chi connectivity index (χ1n) is 10.1. The van der Waals surface area contributed by atoms with Crippen LogP contribution in [0, 0.1) is 0 Å². The summed E-state index contributed by atoms with van der Waals surface area (Å²) in [6, 6.07) is 0. The van der Waals surface area contributed by atoms with Crippen molar-refractivity contribution in [2.24, 2.45) is 0 Å². The summed E-state index contributed by atoms with van der Waals surface area (Å²) in [5.74, 6) is -1.75. The van der Waals surface area contributed by atoms with E-state index in [0.29, 0.717) is 21.7 Å². The summed E-state index contributed by atoms with van der Waals surface area (Å²) in [6.07, 6.45) is 6.79. The van der Waals surface area contributed by atoms with E-state index in [9.17, 15) is 19.2 Å². The lowest BCUT2D eigenvalue weighted by Crippen LogP contribution is -2.27. The molecule has 0 unspecified atom stereocenters. The average molecular weight is 453 g/mol. The molecule has 0 fully saturated rings. The summed E-state index contributed by atoms with van der Waals surface area (Å²) in [5.41, 5.74) is 0. The molecule has 184 valence electrons. The van der Waals surface area contributed by atoms with Crippen LogP contribution in [-0.2, 0) is 19.2 Å². The summed E-state index contributed by atoms with van der Waals surface area (Å²) >= 11 is 0. The normalized spacial score (nSPS) is 9.35. The third-order valence-electron chi connectivity index (χ3n) is 3.82. The molecule has 4 amide bonds. The van der Waals surface area contributed by atoms with Crippen molar-refractivity contribution in [3.05, 3.63) is 0 Å². The number of hydroxylamine groups is 8. The maximum Gasteiger partial charge on any atom is 0.246 e. The number of unbranched alkanes of at least 4 members (excludes halogenated alkanes) is 5. The van der Waals surface area contributed by atoms with E-state index in [1.165, 1.54) is 60.7 Å². The fourth-order valence-electron chi connectivity index (χ4n) is 1.74. The minimum absolute atomic E-state index is 0.114. The number of amides is 4. The first-order valence-corrected chi connectivity index (χ1v) is 10.1. The van der Waals surface area contributed by atoms with Crippen molar-refractivity contribution in [3.8, 4) is 0 Å². The summed E-state index contributed by atoms with van der Waals surface area (Å²) in [7, 11) is 3.63. The molecule has 0 aromatic carbocycles. The zero-order valence-electron chi connectivity index (χ0n) is 19.6. The van der Waals surface area contributed by atoms with E-state index < -0.39 is 11.8 Å². The van der Waals surface area contributed by atoms with Crippen LogP contribution in [0.25, 0.3) is 0 Å². The zero-order chi connectivity index (χ0) is 25.0. The maximum atomic E-state index is 10.7. The molecule has 0 aliphatic heterocycles. The van der Waals surface area contributed by atoms with E-state index in [4.69, 9.17) is 20.8 Å². The van der Waals surface area contributed by atoms with Crippen LogP contribution < -0.4 is 0 Å². The smallest absolute Gasteiger partial charge is 0.246 e. The molecule has 12 heteroatoms. The number of rotatable bonds is 10. The van der Waals surface area contributed by atoms with Crippen molar-refractivity contribution in [2.45, 2.75) is 72.1 Å². The predicted molar refractivity (Wildman–Crippen MR) is 111 cm³/mol. The highest BCUT2D eigenvalue weighted by Gasteiger charge is 2.11. The van der Waals surface area contributed by atoms with Gasteiger partial charge in [-0.3, -0.25) is 40.0 Å². The van der Waals surface area contributed by atoms with Crippen LogP contribution in [0.1, 0.15) is 72.1 Å². The van der Waals surface area contributed by atoms with Gasteiger partial charge in [-0.1, -0.05) is 39.0 Å². The van der Waals surface area contributed by atoms with Crippen molar-refractivity contribution in [1.82, 2.24) is 20.3 Å². The zero-order valence-corrected chi connectivity index (χ0v) is 19.6. The highest BCUT2D eigenvalue weighted by molar-refractivity contribution is 5.82. The number of hydrogen-bond donors (Lipinski definition) is 4. The summed E-state index contributed by atoms with van der Waals surface area (Å²) in [5, 5.41) is 36.4. The topological polar surface area (TPSA) is 162 Å². The molecule has 0 aromatic rings. The van der Waals surface area contributed by atoms with Crippen molar-refractivity contribution in [3.63, 3.8) is 0 Å². The molecule has 4 N–H and O–H groups in total. The van der Waals surface area contributed by atoms with Crippen LogP contribution >= 0.6 is 0 Å². The van der Waals surface area contributed by atoms with Crippen LogP contribution in [0.3, 0.4) is 0 Å². The van der Waals surface area contributed by atoms with Gasteiger partial charge in [0, 0.05) is 54.4 Å². The molecular formula is C19H40N4O8. The highest BCUT2D eigenvalue weighted by Crippen LogP contribution is 2.05. The maximum absolute atomic E-state index is 10.7. The van der Waals surface area contributed by atoms with Crippen LogP contribution in [0.5, 0.6) is 0 Å². The van der Waals surface area contributed by atoms with Crippen LogP contribution in [0.4, 0.5) is 0 Å². The SMILES string of the molecule is CC(=O)N(C)O.CCCCCCCCN(O)C(C)=O.CN(O)C(=O)CCC(=O)N(C)O. The van der Waals surface area contributed by atoms with E-state index in [2.05, 4.69) is 6.92 Å². The summed E-state index contributed by atoms with van der Waals surface area (Å²) in [6.45, 7) is 5.31. The van der Waals surface area contributed by atoms with E-state index in [-0.39, 0.29) is 24.7 Å². The predicted octanol–water partition coefficient (Wildman–Crippen LogP) is 1.90. The molecule has 0 rings (SSSR count). The van der Waals surface area contributed by atoms with Gasteiger partial charge in [-0.25, -0.2) is 20.3 Å². The van der Waals surface area contributed by atoms with E-state index in [1.807, 2.05) is 0 Å². The van der Waals surface area contributed by atoms with Gasteiger partial charge < -0.3 is 0 Å². The summed E-state index contributed by atoms with van der Waals surface area (Å²) in [4.78, 5) is 41.8. The largest absolute Gasteiger partial charge is 0.286 e. The van der Waals surface area contributed by atoms with E-state index >= 15 is 0 Å². The number of nitrogens with zero attached hydrogens (tertiary/aromatic N) is 4. The third-order valence-corrected chi connectivity index (χ3v) is 3.82. The minimum atomic E-state index is -0.565. The van der Waals surface area contributed by atoms with Gasteiger partial charge in [0.25, 0.3) is 0 Å². The van der Waals surface area contributed by atoms with Gasteiger partial charge in [0.05, 0.1) is 0 Å². The Morgan fingerprint density at radius 2 is 0.968 bits per heavy atom. The first kappa shape index (κ1) is 33.4. The molecule has 0 spiro atoms. The van der Waals surface area contributed by atoms with Gasteiger partial charge in [-0.15, -0.1) is 0 Å². The quantitative estimate of drug-likeness (QED) is 0.222. The fourth-order valence-corrected chi connectivity index (χ4v) is 1.74. The van der Waals surface area contributed by atoms with Gasteiger partial charge in [0.2, 0.25) is 23.6 Å². The van der Waals surface area contributed by atoms with E-state index in [1.54, 1.807) is 0 Å². The van der Waals surface area contributed by atoms with Gasteiger partial charge in [-0.2, -0.15) is 0 Å². The highest BCUT2D eigenvalue weighted by atomic mass is 16.5. The Labute approximate surface area is 184 Å². The third kappa shape index (κ3) is 25.7. The monoisotopic (exact) mass is 452 g/mol. The van der Waals surface area contributed by atoms with Crippen molar-refractivity contribution in [2.75, 3.05) is 27.7 Å². The van der Waals surface area contributed by atoms with Gasteiger partial charge >= 0.3 is 0 Å². The lowest BCUT2D eigenvalue weighted by Gasteiger charge is -2.11. The lowest BCUT2D eigenvalue weighted by atomic mass is 10.1. The van der Waals surface area contributed by atoms with Gasteiger partial charge in [0.1, 0.15) is 0 Å². The lowest BCUT2D eigenvalue weighted by molar-refractivity contribution is -0.165. The molecule has 0 radical (unpaired) electrons. The molecule has 0 atom stereocenters. The molecular weight excluding hydrogens is 412 g/mol. The Kier molecular flexibility index (Phi) is 22.6.